The lowest BCUT2D eigenvalue weighted by atomic mass is 10.1. The van der Waals surface area contributed by atoms with Crippen LogP contribution in [0.2, 0.25) is 10.0 Å². The summed E-state index contributed by atoms with van der Waals surface area (Å²) in [6, 6.07) is 19.6. The number of Topliss-reactive ketones (excluding diaryl/α,β-unsaturated/α-hetero) is 1. The van der Waals surface area contributed by atoms with Crippen molar-refractivity contribution >= 4 is 52.0 Å². The zero-order valence-corrected chi connectivity index (χ0v) is 15.9. The number of amides is 1. The molecule has 3 aromatic rings. The van der Waals surface area contributed by atoms with Crippen molar-refractivity contribution in [2.75, 3.05) is 5.32 Å². The zero-order chi connectivity index (χ0) is 20.1. The molecule has 5 nitrogen and oxygen atoms in total. The molecule has 28 heavy (non-hydrogen) atoms. The Bertz CT molecular complexity index is 1030. The maximum atomic E-state index is 12.9. The summed E-state index contributed by atoms with van der Waals surface area (Å²) in [5, 5.41) is 12.3. The molecular formula is C21H14Cl2N2O3. The molecule has 0 aliphatic carbocycles. The van der Waals surface area contributed by atoms with E-state index in [1.54, 1.807) is 60.7 Å². The lowest BCUT2D eigenvalue weighted by Crippen LogP contribution is -2.30. The van der Waals surface area contributed by atoms with E-state index in [1.165, 1.54) is 12.1 Å². The summed E-state index contributed by atoms with van der Waals surface area (Å²) in [4.78, 5) is 29.9. The van der Waals surface area contributed by atoms with Crippen molar-refractivity contribution in [2.24, 2.45) is 4.99 Å². The van der Waals surface area contributed by atoms with Gasteiger partial charge in [0.05, 0.1) is 15.7 Å². The Morgan fingerprint density at radius 3 is 1.96 bits per heavy atom. The highest BCUT2D eigenvalue weighted by molar-refractivity contribution is 6.70. The number of halogens is 2. The van der Waals surface area contributed by atoms with Crippen LogP contribution in [0.15, 0.2) is 77.8 Å². The standard InChI is InChI=1S/C21H14Cl2N2O3/c22-16-11-15(12-17(23)20(16)27)24-18(19(26)13-7-3-1-4-8-13)21(28)25-14-9-5-2-6-10-14/h1-12,27H,(H,25,28). The van der Waals surface area contributed by atoms with E-state index in [-0.39, 0.29) is 27.2 Å². The molecule has 0 unspecified atom stereocenters. The number of nitrogens with zero attached hydrogens (tertiary/aromatic N) is 1. The van der Waals surface area contributed by atoms with Crippen LogP contribution in [-0.2, 0) is 4.79 Å². The van der Waals surface area contributed by atoms with Gasteiger partial charge < -0.3 is 10.4 Å². The monoisotopic (exact) mass is 412 g/mol. The lowest BCUT2D eigenvalue weighted by Gasteiger charge is -2.09. The third-order valence-electron chi connectivity index (χ3n) is 3.74. The maximum Gasteiger partial charge on any atom is 0.278 e. The van der Waals surface area contributed by atoms with Gasteiger partial charge >= 0.3 is 0 Å². The molecule has 0 saturated carbocycles. The van der Waals surface area contributed by atoms with Crippen LogP contribution in [0.1, 0.15) is 10.4 Å². The molecule has 0 bridgehead atoms. The van der Waals surface area contributed by atoms with E-state index in [1.807, 2.05) is 0 Å². The Morgan fingerprint density at radius 1 is 0.857 bits per heavy atom. The molecule has 0 aromatic heterocycles. The van der Waals surface area contributed by atoms with Crippen LogP contribution >= 0.6 is 23.2 Å². The van der Waals surface area contributed by atoms with Crippen LogP contribution in [0.5, 0.6) is 5.75 Å². The van der Waals surface area contributed by atoms with Crippen molar-refractivity contribution in [1.82, 2.24) is 0 Å². The predicted molar refractivity (Wildman–Crippen MR) is 111 cm³/mol. The number of hydrogen-bond donors (Lipinski definition) is 2. The van der Waals surface area contributed by atoms with Gasteiger partial charge in [-0.05, 0) is 24.3 Å². The number of ketones is 1. The topological polar surface area (TPSA) is 78.8 Å². The van der Waals surface area contributed by atoms with E-state index in [0.717, 1.165) is 0 Å². The van der Waals surface area contributed by atoms with Crippen molar-refractivity contribution in [1.29, 1.82) is 0 Å². The Balaban J connectivity index is 2.03. The van der Waals surface area contributed by atoms with Crippen LogP contribution < -0.4 is 5.32 Å². The fourth-order valence-electron chi connectivity index (χ4n) is 2.39. The van der Waals surface area contributed by atoms with E-state index in [4.69, 9.17) is 23.2 Å². The smallest absolute Gasteiger partial charge is 0.278 e. The highest BCUT2D eigenvalue weighted by Crippen LogP contribution is 2.35. The second kappa shape index (κ2) is 8.69. The third kappa shape index (κ3) is 4.57. The summed E-state index contributed by atoms with van der Waals surface area (Å²) in [7, 11) is 0. The van der Waals surface area contributed by atoms with Crippen molar-refractivity contribution < 1.29 is 14.7 Å². The molecule has 7 heteroatoms. The first-order valence-corrected chi connectivity index (χ1v) is 8.94. The van der Waals surface area contributed by atoms with E-state index in [0.29, 0.717) is 11.3 Å². The normalized spacial score (nSPS) is 11.1. The second-order valence-corrected chi connectivity index (χ2v) is 6.55. The number of hydrogen-bond acceptors (Lipinski definition) is 4. The number of rotatable bonds is 5. The molecule has 0 spiro atoms. The molecule has 2 N–H and O–H groups in total. The van der Waals surface area contributed by atoms with Gasteiger partial charge in [-0.3, -0.25) is 9.59 Å². The Hall–Kier alpha value is -3.15. The minimum absolute atomic E-state index is 0.0405. The number of aromatic hydroxyl groups is 1. The number of para-hydroxylation sites is 1. The quantitative estimate of drug-likeness (QED) is 0.339. The van der Waals surface area contributed by atoms with Crippen LogP contribution in [0.3, 0.4) is 0 Å². The van der Waals surface area contributed by atoms with Gasteiger partial charge in [-0.1, -0.05) is 71.7 Å². The molecule has 3 rings (SSSR count). The van der Waals surface area contributed by atoms with E-state index in [2.05, 4.69) is 10.3 Å². The molecule has 0 heterocycles. The number of nitrogens with one attached hydrogen (secondary N) is 1. The summed E-state index contributed by atoms with van der Waals surface area (Å²) in [5.41, 5.74) is 0.645. The molecule has 140 valence electrons. The first-order valence-electron chi connectivity index (χ1n) is 8.18. The molecule has 1 amide bonds. The molecule has 0 saturated heterocycles. The lowest BCUT2D eigenvalue weighted by molar-refractivity contribution is -0.110. The number of benzene rings is 3. The van der Waals surface area contributed by atoms with Crippen molar-refractivity contribution in [3.8, 4) is 5.75 Å². The fourth-order valence-corrected chi connectivity index (χ4v) is 2.86. The molecule has 0 aliphatic heterocycles. The zero-order valence-electron chi connectivity index (χ0n) is 14.4. The number of carbonyl (C=O) groups excluding carboxylic acids is 2. The van der Waals surface area contributed by atoms with Crippen molar-refractivity contribution in [2.45, 2.75) is 0 Å². The average molecular weight is 413 g/mol. The Labute approximate surface area is 171 Å². The van der Waals surface area contributed by atoms with Crippen molar-refractivity contribution in [3.05, 3.63) is 88.4 Å². The first kappa shape index (κ1) is 19.6. The van der Waals surface area contributed by atoms with Gasteiger partial charge in [-0.25, -0.2) is 4.99 Å². The van der Waals surface area contributed by atoms with Crippen LogP contribution in [0.4, 0.5) is 11.4 Å². The van der Waals surface area contributed by atoms with Gasteiger partial charge in [0.15, 0.2) is 11.5 Å². The average Bonchev–Trinajstić information content (AvgIpc) is 2.71. The summed E-state index contributed by atoms with van der Waals surface area (Å²) >= 11 is 11.8. The van der Waals surface area contributed by atoms with Crippen LogP contribution in [0, 0.1) is 0 Å². The first-order chi connectivity index (χ1) is 13.5. The number of carbonyl (C=O) groups is 2. The molecule has 0 radical (unpaired) electrons. The summed E-state index contributed by atoms with van der Waals surface area (Å²) < 4.78 is 0. The summed E-state index contributed by atoms with van der Waals surface area (Å²) in [6.07, 6.45) is 0. The van der Waals surface area contributed by atoms with Gasteiger partial charge in [-0.2, -0.15) is 0 Å². The number of aliphatic imine (C=N–C) groups is 1. The summed E-state index contributed by atoms with van der Waals surface area (Å²) in [6.45, 7) is 0. The van der Waals surface area contributed by atoms with Gasteiger partial charge in [0, 0.05) is 11.3 Å². The molecular weight excluding hydrogens is 399 g/mol. The SMILES string of the molecule is O=C(Nc1ccccc1)C(=Nc1cc(Cl)c(O)c(Cl)c1)C(=O)c1ccccc1. The van der Waals surface area contributed by atoms with Gasteiger partial charge in [0.1, 0.15) is 0 Å². The number of phenols is 1. The van der Waals surface area contributed by atoms with Crippen LogP contribution in [-0.4, -0.2) is 22.5 Å². The van der Waals surface area contributed by atoms with Gasteiger partial charge in [0.2, 0.25) is 5.78 Å². The number of phenolic OH excluding ortho intramolecular Hbond substituents is 1. The van der Waals surface area contributed by atoms with E-state index < -0.39 is 11.7 Å². The molecule has 0 fully saturated rings. The predicted octanol–water partition coefficient (Wildman–Crippen LogP) is 5.29. The highest BCUT2D eigenvalue weighted by Gasteiger charge is 2.23. The number of anilines is 1. The molecule has 0 aliphatic rings. The van der Waals surface area contributed by atoms with Gasteiger partial charge in [-0.15, -0.1) is 0 Å². The third-order valence-corrected chi connectivity index (χ3v) is 4.32. The summed E-state index contributed by atoms with van der Waals surface area (Å²) in [5.74, 6) is -1.54. The minimum atomic E-state index is -0.680. The van der Waals surface area contributed by atoms with Gasteiger partial charge in [0.25, 0.3) is 5.91 Å². The molecule has 3 aromatic carbocycles. The minimum Gasteiger partial charge on any atom is -0.505 e. The largest absolute Gasteiger partial charge is 0.505 e. The highest BCUT2D eigenvalue weighted by atomic mass is 35.5. The maximum absolute atomic E-state index is 12.9. The fraction of sp³-hybridized carbons (Fsp3) is 0. The van der Waals surface area contributed by atoms with E-state index in [9.17, 15) is 14.7 Å². The second-order valence-electron chi connectivity index (χ2n) is 5.73. The Morgan fingerprint density at radius 2 is 1.39 bits per heavy atom. The van der Waals surface area contributed by atoms with E-state index >= 15 is 0 Å². The Kier molecular flexibility index (Phi) is 6.09. The van der Waals surface area contributed by atoms with Crippen molar-refractivity contribution in [3.63, 3.8) is 0 Å². The van der Waals surface area contributed by atoms with Crippen LogP contribution in [0.25, 0.3) is 0 Å². The molecule has 0 atom stereocenters.